The topological polar surface area (TPSA) is 62.2 Å². The SMILES string of the molecule is Cc1nn(C)c(C)c1NC(=O)CN1CCCCC[C@@H]2N[C@H](Cc3ccccc3)C[C@@]21C. The summed E-state index contributed by atoms with van der Waals surface area (Å²) in [4.78, 5) is 15.5. The first-order valence-electron chi connectivity index (χ1n) is 11.7. The summed E-state index contributed by atoms with van der Waals surface area (Å²) in [7, 11) is 1.92. The average Bonchev–Trinajstić information content (AvgIpc) is 3.16. The van der Waals surface area contributed by atoms with E-state index >= 15 is 0 Å². The molecule has 0 saturated carbocycles. The van der Waals surface area contributed by atoms with Crippen LogP contribution in [0.1, 0.15) is 56.0 Å². The minimum atomic E-state index is -0.00374. The van der Waals surface area contributed by atoms with E-state index in [1.54, 1.807) is 0 Å². The summed E-state index contributed by atoms with van der Waals surface area (Å²) in [5.41, 5.74) is 4.09. The van der Waals surface area contributed by atoms with E-state index in [0.717, 1.165) is 42.9 Å². The number of fused-ring (bicyclic) bond motifs is 1. The molecular weight excluding hydrogens is 386 g/mol. The lowest BCUT2D eigenvalue weighted by Crippen LogP contribution is -2.57. The molecule has 1 amide bonds. The van der Waals surface area contributed by atoms with Crippen LogP contribution in [-0.4, -0.2) is 51.3 Å². The maximum atomic E-state index is 13.1. The van der Waals surface area contributed by atoms with E-state index in [-0.39, 0.29) is 11.4 Å². The first-order valence-corrected chi connectivity index (χ1v) is 11.7. The highest BCUT2D eigenvalue weighted by molar-refractivity contribution is 5.93. The maximum Gasteiger partial charge on any atom is 0.238 e. The second kappa shape index (κ2) is 9.13. The third kappa shape index (κ3) is 4.70. The van der Waals surface area contributed by atoms with Crippen molar-refractivity contribution < 1.29 is 4.79 Å². The Balaban J connectivity index is 1.48. The van der Waals surface area contributed by atoms with Crippen molar-refractivity contribution in [3.8, 4) is 0 Å². The quantitative estimate of drug-likeness (QED) is 0.772. The second-order valence-electron chi connectivity index (χ2n) is 9.66. The Bertz CT molecular complexity index is 908. The van der Waals surface area contributed by atoms with Crippen LogP contribution < -0.4 is 10.6 Å². The van der Waals surface area contributed by atoms with Crippen LogP contribution >= 0.6 is 0 Å². The number of hydrogen-bond acceptors (Lipinski definition) is 4. The van der Waals surface area contributed by atoms with E-state index in [1.807, 2.05) is 25.6 Å². The van der Waals surface area contributed by atoms with Gasteiger partial charge < -0.3 is 10.6 Å². The van der Waals surface area contributed by atoms with Gasteiger partial charge in [0.1, 0.15) is 0 Å². The monoisotopic (exact) mass is 423 g/mol. The minimum absolute atomic E-state index is 0.00374. The minimum Gasteiger partial charge on any atom is -0.322 e. The van der Waals surface area contributed by atoms with Gasteiger partial charge in [0.15, 0.2) is 0 Å². The van der Waals surface area contributed by atoms with Crippen molar-refractivity contribution in [3.63, 3.8) is 0 Å². The van der Waals surface area contributed by atoms with E-state index in [0.29, 0.717) is 18.6 Å². The third-order valence-corrected chi connectivity index (χ3v) is 7.42. The fourth-order valence-electron chi connectivity index (χ4n) is 5.59. The Morgan fingerprint density at radius 3 is 2.71 bits per heavy atom. The van der Waals surface area contributed by atoms with Crippen LogP contribution in [0.15, 0.2) is 30.3 Å². The molecule has 2 saturated heterocycles. The number of likely N-dealkylation sites (tertiary alicyclic amines) is 1. The van der Waals surface area contributed by atoms with E-state index in [1.165, 1.54) is 24.8 Å². The highest BCUT2D eigenvalue weighted by Crippen LogP contribution is 2.37. The molecule has 31 heavy (non-hydrogen) atoms. The normalized spacial score (nSPS) is 26.8. The van der Waals surface area contributed by atoms with E-state index < -0.39 is 0 Å². The third-order valence-electron chi connectivity index (χ3n) is 7.42. The molecule has 6 heteroatoms. The van der Waals surface area contributed by atoms with Crippen LogP contribution in [0.3, 0.4) is 0 Å². The molecule has 2 fully saturated rings. The summed E-state index contributed by atoms with van der Waals surface area (Å²) < 4.78 is 1.83. The molecule has 0 spiro atoms. The summed E-state index contributed by atoms with van der Waals surface area (Å²) in [5.74, 6) is 0.0613. The summed E-state index contributed by atoms with van der Waals surface area (Å²) in [6, 6.07) is 11.6. The number of nitrogens with zero attached hydrogens (tertiary/aromatic N) is 3. The predicted molar refractivity (Wildman–Crippen MR) is 125 cm³/mol. The zero-order chi connectivity index (χ0) is 22.0. The number of rotatable bonds is 5. The number of aromatic nitrogens is 2. The standard InChI is InChI=1S/C25H37N5O/c1-18-24(19(2)29(4)28-18)27-23(31)17-30-14-10-6-9-13-22-25(30,3)16-21(26-22)15-20-11-7-5-8-12-20/h5,7-8,11-12,21-22,26H,6,9-10,13-17H2,1-4H3,(H,27,31)/t21-,22+,25+/m1/s1. The fourth-order valence-corrected chi connectivity index (χ4v) is 5.59. The zero-order valence-corrected chi connectivity index (χ0v) is 19.4. The van der Waals surface area contributed by atoms with Crippen LogP contribution in [0, 0.1) is 13.8 Å². The second-order valence-corrected chi connectivity index (χ2v) is 9.66. The molecule has 168 valence electrons. The Hall–Kier alpha value is -2.18. The molecule has 2 N–H and O–H groups in total. The summed E-state index contributed by atoms with van der Waals surface area (Å²) in [5, 5.41) is 11.5. The van der Waals surface area contributed by atoms with Crippen molar-refractivity contribution >= 4 is 11.6 Å². The molecule has 0 bridgehead atoms. The Labute approximate surface area is 186 Å². The molecule has 1 aromatic carbocycles. The summed E-state index contributed by atoms with van der Waals surface area (Å²) in [6.45, 7) is 7.73. The largest absolute Gasteiger partial charge is 0.322 e. The average molecular weight is 424 g/mol. The maximum absolute atomic E-state index is 13.1. The van der Waals surface area contributed by atoms with Gasteiger partial charge in [-0.05, 0) is 58.6 Å². The number of anilines is 1. The molecule has 3 heterocycles. The lowest BCUT2D eigenvalue weighted by Gasteiger charge is -2.43. The van der Waals surface area contributed by atoms with Gasteiger partial charge in [-0.3, -0.25) is 14.4 Å². The van der Waals surface area contributed by atoms with Crippen molar-refractivity contribution in [2.24, 2.45) is 7.05 Å². The van der Waals surface area contributed by atoms with Gasteiger partial charge in [-0.1, -0.05) is 43.2 Å². The van der Waals surface area contributed by atoms with Crippen LogP contribution in [-0.2, 0) is 18.3 Å². The molecule has 0 unspecified atom stereocenters. The van der Waals surface area contributed by atoms with Gasteiger partial charge in [0.2, 0.25) is 5.91 Å². The van der Waals surface area contributed by atoms with Crippen molar-refractivity contribution in [2.75, 3.05) is 18.4 Å². The molecule has 2 aliphatic heterocycles. The molecule has 6 nitrogen and oxygen atoms in total. The van der Waals surface area contributed by atoms with Crippen molar-refractivity contribution in [2.45, 2.75) is 76.9 Å². The van der Waals surface area contributed by atoms with Gasteiger partial charge in [0.05, 0.1) is 23.6 Å². The van der Waals surface area contributed by atoms with Crippen molar-refractivity contribution in [1.29, 1.82) is 0 Å². The molecule has 3 atom stereocenters. The molecule has 2 aromatic rings. The zero-order valence-electron chi connectivity index (χ0n) is 19.4. The van der Waals surface area contributed by atoms with Gasteiger partial charge in [-0.25, -0.2) is 0 Å². The van der Waals surface area contributed by atoms with Crippen molar-refractivity contribution in [1.82, 2.24) is 20.0 Å². The smallest absolute Gasteiger partial charge is 0.238 e. The summed E-state index contributed by atoms with van der Waals surface area (Å²) >= 11 is 0. The molecular formula is C25H37N5O. The molecule has 4 rings (SSSR count). The molecule has 1 aromatic heterocycles. The number of carbonyl (C=O) groups is 1. The number of amides is 1. The number of aryl methyl sites for hydroxylation is 2. The Morgan fingerprint density at radius 2 is 2.00 bits per heavy atom. The van der Waals surface area contributed by atoms with E-state index in [9.17, 15) is 4.79 Å². The predicted octanol–water partition coefficient (Wildman–Crippen LogP) is 3.58. The van der Waals surface area contributed by atoms with Gasteiger partial charge in [-0.15, -0.1) is 0 Å². The van der Waals surface area contributed by atoms with Crippen LogP contribution in [0.2, 0.25) is 0 Å². The first-order chi connectivity index (χ1) is 14.9. The summed E-state index contributed by atoms with van der Waals surface area (Å²) in [6.07, 6.45) is 6.95. The lowest BCUT2D eigenvalue weighted by atomic mass is 9.84. The number of hydrogen-bond donors (Lipinski definition) is 2. The van der Waals surface area contributed by atoms with Crippen LogP contribution in [0.4, 0.5) is 5.69 Å². The fraction of sp³-hybridized carbons (Fsp3) is 0.600. The molecule has 0 radical (unpaired) electrons. The lowest BCUT2D eigenvalue weighted by molar-refractivity contribution is -0.119. The van der Waals surface area contributed by atoms with Gasteiger partial charge in [0.25, 0.3) is 0 Å². The van der Waals surface area contributed by atoms with E-state index in [4.69, 9.17) is 0 Å². The van der Waals surface area contributed by atoms with Gasteiger partial charge in [0, 0.05) is 24.7 Å². The highest BCUT2D eigenvalue weighted by Gasteiger charge is 2.47. The Morgan fingerprint density at radius 1 is 1.23 bits per heavy atom. The van der Waals surface area contributed by atoms with Crippen LogP contribution in [0.25, 0.3) is 0 Å². The van der Waals surface area contributed by atoms with Crippen molar-refractivity contribution in [3.05, 3.63) is 47.3 Å². The molecule has 0 aliphatic carbocycles. The van der Waals surface area contributed by atoms with Crippen LogP contribution in [0.5, 0.6) is 0 Å². The van der Waals surface area contributed by atoms with Gasteiger partial charge in [-0.2, -0.15) is 5.10 Å². The number of carbonyl (C=O) groups excluding carboxylic acids is 1. The van der Waals surface area contributed by atoms with E-state index in [2.05, 4.69) is 57.9 Å². The number of benzene rings is 1. The number of nitrogens with one attached hydrogen (secondary N) is 2. The highest BCUT2D eigenvalue weighted by atomic mass is 16.2. The first kappa shape index (κ1) is 22.0. The van der Waals surface area contributed by atoms with Gasteiger partial charge >= 0.3 is 0 Å². The Kier molecular flexibility index (Phi) is 6.49. The molecule has 2 aliphatic rings.